The van der Waals surface area contributed by atoms with Gasteiger partial charge in [0.2, 0.25) is 0 Å². The van der Waals surface area contributed by atoms with E-state index in [1.54, 1.807) is 10.9 Å². The lowest BCUT2D eigenvalue weighted by Gasteiger charge is -2.20. The van der Waals surface area contributed by atoms with Crippen molar-refractivity contribution in [3.63, 3.8) is 0 Å². The van der Waals surface area contributed by atoms with E-state index in [-0.39, 0.29) is 0 Å². The van der Waals surface area contributed by atoms with Crippen LogP contribution in [-0.4, -0.2) is 26.9 Å². The highest BCUT2D eigenvalue weighted by Gasteiger charge is 2.37. The van der Waals surface area contributed by atoms with E-state index in [0.29, 0.717) is 5.46 Å². The fourth-order valence-electron chi connectivity index (χ4n) is 2.06. The maximum Gasteiger partial charge on any atom is 0.491 e. The summed E-state index contributed by atoms with van der Waals surface area (Å²) in [5.41, 5.74) is -0.246. The van der Waals surface area contributed by atoms with Crippen molar-refractivity contribution in [1.82, 2.24) is 9.78 Å². The van der Waals surface area contributed by atoms with Gasteiger partial charge < -0.3 is 10.0 Å². The molecule has 0 atom stereocenters. The van der Waals surface area contributed by atoms with Gasteiger partial charge in [-0.05, 0) is 25.7 Å². The molecular formula is C9H12BN3O2. The lowest BCUT2D eigenvalue weighted by Crippen LogP contribution is -2.32. The minimum atomic E-state index is -1.52. The van der Waals surface area contributed by atoms with Crippen molar-refractivity contribution < 1.29 is 10.0 Å². The first-order valence-corrected chi connectivity index (χ1v) is 5.00. The van der Waals surface area contributed by atoms with Crippen LogP contribution >= 0.6 is 0 Å². The Balaban J connectivity index is 2.32. The maximum atomic E-state index is 9.18. The standard InChI is InChI=1S/C9H12BN3O2/c11-7-9(3-1-2-4-9)13-6-8(5-12-13)10(14)15/h5-6,14-15H,1-4H2. The summed E-state index contributed by atoms with van der Waals surface area (Å²) in [4.78, 5) is 0. The molecule has 0 bridgehead atoms. The molecule has 1 aliphatic carbocycles. The number of nitriles is 1. The molecule has 6 heteroatoms. The number of aromatic nitrogens is 2. The normalized spacial score (nSPS) is 18.7. The Morgan fingerprint density at radius 1 is 1.47 bits per heavy atom. The van der Waals surface area contributed by atoms with E-state index in [2.05, 4.69) is 11.2 Å². The van der Waals surface area contributed by atoms with Crippen LogP contribution in [0.3, 0.4) is 0 Å². The SMILES string of the molecule is N#CC1(n2cc(B(O)O)cn2)CCCC1. The van der Waals surface area contributed by atoms with Gasteiger partial charge in [-0.1, -0.05) is 0 Å². The van der Waals surface area contributed by atoms with Gasteiger partial charge in [0.1, 0.15) is 5.54 Å². The Labute approximate surface area is 88.1 Å². The third-order valence-corrected chi connectivity index (χ3v) is 2.98. The third kappa shape index (κ3) is 1.64. The predicted molar refractivity (Wildman–Crippen MR) is 54.1 cm³/mol. The topological polar surface area (TPSA) is 82.1 Å². The molecule has 5 nitrogen and oxygen atoms in total. The minimum Gasteiger partial charge on any atom is -0.423 e. The summed E-state index contributed by atoms with van der Waals surface area (Å²) in [5, 5.41) is 31.1. The first kappa shape index (κ1) is 10.2. The molecule has 1 saturated carbocycles. The highest BCUT2D eigenvalue weighted by atomic mass is 16.4. The summed E-state index contributed by atoms with van der Waals surface area (Å²) < 4.78 is 1.56. The van der Waals surface area contributed by atoms with E-state index in [9.17, 15) is 5.26 Å². The molecule has 1 heterocycles. The van der Waals surface area contributed by atoms with Gasteiger partial charge in [0.15, 0.2) is 0 Å². The molecule has 2 N–H and O–H groups in total. The number of hydrogen-bond acceptors (Lipinski definition) is 4. The smallest absolute Gasteiger partial charge is 0.423 e. The van der Waals surface area contributed by atoms with E-state index in [4.69, 9.17) is 10.0 Å². The molecule has 1 aromatic heterocycles. The molecular weight excluding hydrogens is 193 g/mol. The van der Waals surface area contributed by atoms with Gasteiger partial charge in [-0.2, -0.15) is 10.4 Å². The molecule has 1 fully saturated rings. The monoisotopic (exact) mass is 205 g/mol. The van der Waals surface area contributed by atoms with E-state index in [1.807, 2.05) is 0 Å². The van der Waals surface area contributed by atoms with Crippen molar-refractivity contribution in [3.8, 4) is 6.07 Å². The second-order valence-corrected chi connectivity index (χ2v) is 3.94. The van der Waals surface area contributed by atoms with Crippen molar-refractivity contribution in [1.29, 1.82) is 5.26 Å². The summed E-state index contributed by atoms with van der Waals surface area (Å²) in [6.07, 6.45) is 6.54. The van der Waals surface area contributed by atoms with Crippen LogP contribution < -0.4 is 5.46 Å². The fraction of sp³-hybridized carbons (Fsp3) is 0.556. The zero-order chi connectivity index (χ0) is 10.9. The van der Waals surface area contributed by atoms with Crippen molar-refractivity contribution in [2.45, 2.75) is 31.2 Å². The summed E-state index contributed by atoms with van der Waals surface area (Å²) in [6, 6.07) is 2.28. The van der Waals surface area contributed by atoms with Gasteiger partial charge in [0.25, 0.3) is 0 Å². The molecule has 0 aliphatic heterocycles. The van der Waals surface area contributed by atoms with Crippen molar-refractivity contribution in [2.24, 2.45) is 0 Å². The summed E-state index contributed by atoms with van der Waals surface area (Å²) >= 11 is 0. The Morgan fingerprint density at radius 3 is 2.60 bits per heavy atom. The van der Waals surface area contributed by atoms with Gasteiger partial charge in [-0.3, -0.25) is 4.68 Å². The second kappa shape index (κ2) is 3.68. The fourth-order valence-corrected chi connectivity index (χ4v) is 2.06. The lowest BCUT2D eigenvalue weighted by molar-refractivity contribution is 0.355. The second-order valence-electron chi connectivity index (χ2n) is 3.94. The Hall–Kier alpha value is -1.32. The Kier molecular flexibility index (Phi) is 2.51. The van der Waals surface area contributed by atoms with Crippen molar-refractivity contribution >= 4 is 12.6 Å². The number of nitrogens with zero attached hydrogens (tertiary/aromatic N) is 3. The van der Waals surface area contributed by atoms with Crippen LogP contribution in [0.5, 0.6) is 0 Å². The minimum absolute atomic E-state index is 0.330. The molecule has 0 amide bonds. The van der Waals surface area contributed by atoms with Crippen LogP contribution in [0.15, 0.2) is 12.4 Å². The molecule has 0 unspecified atom stereocenters. The first-order valence-electron chi connectivity index (χ1n) is 5.00. The van der Waals surface area contributed by atoms with Crippen LogP contribution in [0, 0.1) is 11.3 Å². The van der Waals surface area contributed by atoms with E-state index in [1.165, 1.54) is 6.20 Å². The molecule has 0 saturated heterocycles. The summed E-state index contributed by atoms with van der Waals surface area (Å²) in [5.74, 6) is 0. The van der Waals surface area contributed by atoms with Gasteiger partial charge in [-0.25, -0.2) is 0 Å². The van der Waals surface area contributed by atoms with Crippen LogP contribution in [0.25, 0.3) is 0 Å². The van der Waals surface area contributed by atoms with Gasteiger partial charge in [0, 0.05) is 17.9 Å². The molecule has 0 spiro atoms. The lowest BCUT2D eigenvalue weighted by atomic mass is 9.83. The maximum absolute atomic E-state index is 9.18. The highest BCUT2D eigenvalue weighted by Crippen LogP contribution is 2.34. The molecule has 1 aliphatic rings. The van der Waals surface area contributed by atoms with Crippen molar-refractivity contribution in [2.75, 3.05) is 0 Å². The molecule has 2 rings (SSSR count). The zero-order valence-corrected chi connectivity index (χ0v) is 8.30. The summed E-state index contributed by atoms with van der Waals surface area (Å²) in [6.45, 7) is 0. The molecule has 0 radical (unpaired) electrons. The summed E-state index contributed by atoms with van der Waals surface area (Å²) in [7, 11) is -1.52. The van der Waals surface area contributed by atoms with E-state index >= 15 is 0 Å². The average Bonchev–Trinajstić information content (AvgIpc) is 2.87. The Bertz CT molecular complexity index is 390. The van der Waals surface area contributed by atoms with E-state index < -0.39 is 12.7 Å². The number of rotatable bonds is 2. The quantitative estimate of drug-likeness (QED) is 0.629. The van der Waals surface area contributed by atoms with Gasteiger partial charge in [0.05, 0.1) is 6.07 Å². The van der Waals surface area contributed by atoms with Crippen LogP contribution in [0.2, 0.25) is 0 Å². The van der Waals surface area contributed by atoms with Crippen molar-refractivity contribution in [3.05, 3.63) is 12.4 Å². The predicted octanol–water partition coefficient (Wildman–Crippen LogP) is -0.644. The van der Waals surface area contributed by atoms with Crippen LogP contribution in [0.1, 0.15) is 25.7 Å². The van der Waals surface area contributed by atoms with Crippen LogP contribution in [-0.2, 0) is 5.54 Å². The largest absolute Gasteiger partial charge is 0.491 e. The average molecular weight is 205 g/mol. The first-order chi connectivity index (χ1) is 7.18. The molecule has 0 aromatic carbocycles. The van der Waals surface area contributed by atoms with Gasteiger partial charge >= 0.3 is 7.12 Å². The van der Waals surface area contributed by atoms with Crippen LogP contribution in [0.4, 0.5) is 0 Å². The zero-order valence-electron chi connectivity index (χ0n) is 8.30. The van der Waals surface area contributed by atoms with E-state index in [0.717, 1.165) is 25.7 Å². The van der Waals surface area contributed by atoms with Gasteiger partial charge in [-0.15, -0.1) is 0 Å². The molecule has 15 heavy (non-hydrogen) atoms. The molecule has 78 valence electrons. The Morgan fingerprint density at radius 2 is 2.13 bits per heavy atom. The number of hydrogen-bond donors (Lipinski definition) is 2. The highest BCUT2D eigenvalue weighted by molar-refractivity contribution is 6.58. The molecule has 1 aromatic rings. The third-order valence-electron chi connectivity index (χ3n) is 2.98.